The Morgan fingerprint density at radius 3 is 2.62 bits per heavy atom. The van der Waals surface area contributed by atoms with Crippen LogP contribution in [0.25, 0.3) is 0 Å². The van der Waals surface area contributed by atoms with Gasteiger partial charge in [0.1, 0.15) is 18.2 Å². The summed E-state index contributed by atoms with van der Waals surface area (Å²) in [7, 11) is 3.73. The molecule has 0 radical (unpaired) electrons. The largest absolute Gasteiger partial charge is 0.487 e. The van der Waals surface area contributed by atoms with Crippen LogP contribution in [0.3, 0.4) is 0 Å². The van der Waals surface area contributed by atoms with Crippen LogP contribution in [0.4, 0.5) is 10.1 Å². The van der Waals surface area contributed by atoms with E-state index in [1.54, 1.807) is 19.2 Å². The Labute approximate surface area is 155 Å². The van der Waals surface area contributed by atoms with Gasteiger partial charge in [0.05, 0.1) is 17.7 Å². The predicted octanol–water partition coefficient (Wildman–Crippen LogP) is 4.55. The molecule has 0 heterocycles. The molecule has 0 atom stereocenters. The average Bonchev–Trinajstić information content (AvgIpc) is 2.63. The molecule has 0 spiro atoms. The quantitative estimate of drug-likeness (QED) is 0.540. The Kier molecular flexibility index (Phi) is 6.89. The minimum absolute atomic E-state index is 0.279. The highest BCUT2D eigenvalue weighted by Crippen LogP contribution is 2.24. The van der Waals surface area contributed by atoms with Crippen molar-refractivity contribution in [2.75, 3.05) is 27.2 Å². The van der Waals surface area contributed by atoms with Crippen LogP contribution in [0.1, 0.15) is 23.6 Å². The lowest BCUT2D eigenvalue weighted by Crippen LogP contribution is -2.15. The third-order valence-electron chi connectivity index (χ3n) is 4.19. The van der Waals surface area contributed by atoms with Gasteiger partial charge in [-0.25, -0.2) is 9.38 Å². The van der Waals surface area contributed by atoms with Crippen molar-refractivity contribution < 1.29 is 9.13 Å². The van der Waals surface area contributed by atoms with Crippen LogP contribution in [0.5, 0.6) is 5.75 Å². The van der Waals surface area contributed by atoms with Crippen LogP contribution in [0, 0.1) is 19.7 Å². The fourth-order valence-corrected chi connectivity index (χ4v) is 2.46. The van der Waals surface area contributed by atoms with Gasteiger partial charge in [-0.05, 0) is 56.2 Å². The normalized spacial score (nSPS) is 11.8. The first-order valence-corrected chi connectivity index (χ1v) is 8.64. The lowest BCUT2D eigenvalue weighted by molar-refractivity contribution is 0.374. The van der Waals surface area contributed by atoms with Crippen molar-refractivity contribution in [3.63, 3.8) is 0 Å². The van der Waals surface area contributed by atoms with E-state index in [0.29, 0.717) is 5.75 Å². The smallest absolute Gasteiger partial charge is 0.130 e. The molecule has 5 heteroatoms. The van der Waals surface area contributed by atoms with Crippen molar-refractivity contribution in [2.24, 2.45) is 9.98 Å². The minimum atomic E-state index is -0.316. The number of hydrogen-bond acceptors (Lipinski definition) is 3. The third-order valence-corrected chi connectivity index (χ3v) is 4.19. The minimum Gasteiger partial charge on any atom is -0.487 e. The highest BCUT2D eigenvalue weighted by Gasteiger charge is 2.11. The van der Waals surface area contributed by atoms with E-state index in [2.05, 4.69) is 29.0 Å². The van der Waals surface area contributed by atoms with Gasteiger partial charge in [0.25, 0.3) is 0 Å². The maximum absolute atomic E-state index is 13.3. The molecule has 4 nitrogen and oxygen atoms in total. The number of halogens is 1. The van der Waals surface area contributed by atoms with E-state index < -0.39 is 0 Å². The summed E-state index contributed by atoms with van der Waals surface area (Å²) in [5.41, 5.74) is 4.91. The SMILES string of the molecule is CCN(C)C=Nc1cc(C)c(C(COc2cccc(F)c2)=NC)cc1C. The van der Waals surface area contributed by atoms with E-state index in [1.807, 2.05) is 32.1 Å². The van der Waals surface area contributed by atoms with Gasteiger partial charge in [0.2, 0.25) is 0 Å². The van der Waals surface area contributed by atoms with Gasteiger partial charge >= 0.3 is 0 Å². The number of aliphatic imine (C=N–C) groups is 2. The standard InChI is InChI=1S/C21H26FN3O/c1-6-25(5)14-24-20-11-15(2)19(10-16(20)3)21(23-4)13-26-18-9-7-8-17(22)12-18/h7-12,14H,6,13H2,1-5H3. The number of ether oxygens (including phenoxy) is 1. The van der Waals surface area contributed by atoms with Crippen LogP contribution in [0.15, 0.2) is 46.4 Å². The summed E-state index contributed by atoms with van der Waals surface area (Å²) < 4.78 is 19.0. The van der Waals surface area contributed by atoms with Crippen molar-refractivity contribution in [3.8, 4) is 5.75 Å². The molecule has 0 aliphatic carbocycles. The third kappa shape index (κ3) is 5.15. The second-order valence-electron chi connectivity index (χ2n) is 6.19. The van der Waals surface area contributed by atoms with Crippen molar-refractivity contribution in [3.05, 3.63) is 58.9 Å². The molecule has 2 aromatic carbocycles. The van der Waals surface area contributed by atoms with Gasteiger partial charge in [0, 0.05) is 32.3 Å². The van der Waals surface area contributed by atoms with Crippen molar-refractivity contribution in [2.45, 2.75) is 20.8 Å². The van der Waals surface area contributed by atoms with Crippen LogP contribution in [0.2, 0.25) is 0 Å². The molecule has 138 valence electrons. The van der Waals surface area contributed by atoms with Gasteiger partial charge in [-0.1, -0.05) is 6.07 Å². The number of benzene rings is 2. The number of nitrogens with zero attached hydrogens (tertiary/aromatic N) is 3. The molecule has 0 unspecified atom stereocenters. The van der Waals surface area contributed by atoms with Crippen LogP contribution in [-0.4, -0.2) is 44.2 Å². The first kappa shape index (κ1) is 19.6. The summed E-state index contributed by atoms with van der Waals surface area (Å²) in [5, 5.41) is 0. The Balaban J connectivity index is 2.20. The van der Waals surface area contributed by atoms with E-state index in [-0.39, 0.29) is 12.4 Å². The molecule has 26 heavy (non-hydrogen) atoms. The van der Waals surface area contributed by atoms with Crippen molar-refractivity contribution in [1.82, 2.24) is 4.90 Å². The fraction of sp³-hybridized carbons (Fsp3) is 0.333. The van der Waals surface area contributed by atoms with Gasteiger partial charge in [0.15, 0.2) is 0 Å². The lowest BCUT2D eigenvalue weighted by Gasteiger charge is -2.14. The first-order chi connectivity index (χ1) is 12.4. The predicted molar refractivity (Wildman–Crippen MR) is 107 cm³/mol. The molecule has 0 aromatic heterocycles. The van der Waals surface area contributed by atoms with E-state index in [9.17, 15) is 4.39 Å². The Morgan fingerprint density at radius 1 is 1.19 bits per heavy atom. The molecule has 0 bridgehead atoms. The van der Waals surface area contributed by atoms with Crippen LogP contribution < -0.4 is 4.74 Å². The maximum atomic E-state index is 13.3. The van der Waals surface area contributed by atoms with E-state index in [0.717, 1.165) is 34.6 Å². The number of aryl methyl sites for hydroxylation is 2. The summed E-state index contributed by atoms with van der Waals surface area (Å²) in [6, 6.07) is 10.3. The maximum Gasteiger partial charge on any atom is 0.130 e. The Morgan fingerprint density at radius 2 is 1.96 bits per heavy atom. The molecule has 0 amide bonds. The molecule has 0 aliphatic heterocycles. The summed E-state index contributed by atoms with van der Waals surface area (Å²) in [5.74, 6) is 0.174. The second-order valence-corrected chi connectivity index (χ2v) is 6.19. The zero-order valence-electron chi connectivity index (χ0n) is 16.1. The molecule has 2 rings (SSSR count). The number of rotatable bonds is 7. The molecular formula is C21H26FN3O. The molecular weight excluding hydrogens is 329 g/mol. The van der Waals surface area contributed by atoms with Gasteiger partial charge in [-0.2, -0.15) is 0 Å². The van der Waals surface area contributed by atoms with Crippen molar-refractivity contribution in [1.29, 1.82) is 0 Å². The zero-order valence-corrected chi connectivity index (χ0v) is 16.1. The summed E-state index contributed by atoms with van der Waals surface area (Å²) in [6.45, 7) is 7.33. The second kappa shape index (κ2) is 9.13. The van der Waals surface area contributed by atoms with E-state index in [1.165, 1.54) is 12.1 Å². The molecule has 0 saturated heterocycles. The first-order valence-electron chi connectivity index (χ1n) is 8.64. The van der Waals surface area contributed by atoms with Crippen molar-refractivity contribution >= 4 is 17.7 Å². The molecule has 0 saturated carbocycles. The summed E-state index contributed by atoms with van der Waals surface area (Å²) in [6.07, 6.45) is 1.84. The highest BCUT2D eigenvalue weighted by molar-refractivity contribution is 6.03. The Bertz CT molecular complexity index is 815. The number of hydrogen-bond donors (Lipinski definition) is 0. The fourth-order valence-electron chi connectivity index (χ4n) is 2.46. The highest BCUT2D eigenvalue weighted by atomic mass is 19.1. The molecule has 0 fully saturated rings. The van der Waals surface area contributed by atoms with E-state index >= 15 is 0 Å². The monoisotopic (exact) mass is 355 g/mol. The zero-order chi connectivity index (χ0) is 19.1. The lowest BCUT2D eigenvalue weighted by atomic mass is 10.00. The topological polar surface area (TPSA) is 37.2 Å². The van der Waals surface area contributed by atoms with Gasteiger partial charge in [-0.15, -0.1) is 0 Å². The Hall–Kier alpha value is -2.69. The van der Waals surface area contributed by atoms with Gasteiger partial charge < -0.3 is 9.64 Å². The summed E-state index contributed by atoms with van der Waals surface area (Å²) >= 11 is 0. The van der Waals surface area contributed by atoms with Crippen LogP contribution >= 0.6 is 0 Å². The summed E-state index contributed by atoms with van der Waals surface area (Å²) in [4.78, 5) is 10.9. The average molecular weight is 355 g/mol. The molecule has 2 aromatic rings. The molecule has 0 N–H and O–H groups in total. The van der Waals surface area contributed by atoms with Crippen LogP contribution in [-0.2, 0) is 0 Å². The van der Waals surface area contributed by atoms with E-state index in [4.69, 9.17) is 4.74 Å². The van der Waals surface area contributed by atoms with Gasteiger partial charge in [-0.3, -0.25) is 4.99 Å². The molecule has 0 aliphatic rings.